The molecule has 0 N–H and O–H groups in total. The zero-order valence-corrected chi connectivity index (χ0v) is 26.5. The highest BCUT2D eigenvalue weighted by molar-refractivity contribution is 6.19. The number of hydrogen-bond acceptors (Lipinski definition) is 3. The molecule has 3 heteroatoms. The maximum atomic E-state index is 6.35. The summed E-state index contributed by atoms with van der Waals surface area (Å²) in [5.41, 5.74) is 11.5. The van der Waals surface area contributed by atoms with Crippen LogP contribution in [0, 0.1) is 0 Å². The SMILES string of the molecule is c1ccc(N(c2ccc(-c3ccc4ccc5oc6ccccc6c5c4c3)cc2)c2ccc(-c3cccc4c3oc3ccccc34)cc2)cc1. The van der Waals surface area contributed by atoms with Crippen molar-refractivity contribution in [3.63, 3.8) is 0 Å². The van der Waals surface area contributed by atoms with E-state index >= 15 is 0 Å². The van der Waals surface area contributed by atoms with Crippen LogP contribution in [0.25, 0.3) is 76.9 Å². The molecule has 2 heterocycles. The molecule has 3 nitrogen and oxygen atoms in total. The summed E-state index contributed by atoms with van der Waals surface area (Å²) in [6.45, 7) is 0. The highest BCUT2D eigenvalue weighted by Gasteiger charge is 2.16. The number of nitrogens with zero attached hydrogens (tertiary/aromatic N) is 1. The van der Waals surface area contributed by atoms with Gasteiger partial charge in [0, 0.05) is 44.2 Å². The summed E-state index contributed by atoms with van der Waals surface area (Å²) in [5.74, 6) is 0. The molecule has 0 aliphatic carbocycles. The summed E-state index contributed by atoms with van der Waals surface area (Å²) in [7, 11) is 0. The first-order valence-electron chi connectivity index (χ1n) is 16.6. The second-order valence-electron chi connectivity index (χ2n) is 12.5. The van der Waals surface area contributed by atoms with Gasteiger partial charge in [0.05, 0.1) is 0 Å². The molecule has 2 aromatic heterocycles. The van der Waals surface area contributed by atoms with Crippen molar-refractivity contribution in [1.82, 2.24) is 0 Å². The van der Waals surface area contributed by atoms with Gasteiger partial charge in [-0.25, -0.2) is 0 Å². The van der Waals surface area contributed by atoms with Crippen LogP contribution < -0.4 is 4.90 Å². The molecule has 0 aliphatic heterocycles. The molecular weight excluding hydrogens is 599 g/mol. The Balaban J connectivity index is 1.03. The van der Waals surface area contributed by atoms with E-state index in [1.54, 1.807) is 0 Å². The molecule has 49 heavy (non-hydrogen) atoms. The average molecular weight is 628 g/mol. The van der Waals surface area contributed by atoms with Crippen molar-refractivity contribution >= 4 is 71.7 Å². The van der Waals surface area contributed by atoms with Crippen LogP contribution in [0.1, 0.15) is 0 Å². The lowest BCUT2D eigenvalue weighted by Crippen LogP contribution is -2.09. The van der Waals surface area contributed by atoms with Crippen LogP contribution in [0.3, 0.4) is 0 Å². The standard InChI is InChI=1S/C46H29NO2/c1-2-9-34(10-3-1)47(36-26-21-31(22-27-36)37-13-8-14-39-38-11-4-6-15-42(38)49-46(37)39)35-24-19-30(20-25-35)33-18-17-32-23-28-44-45(41(32)29-33)40-12-5-7-16-43(40)48-44/h1-29H. The predicted octanol–water partition coefficient (Wildman–Crippen LogP) is 13.4. The number of para-hydroxylation sites is 4. The van der Waals surface area contributed by atoms with Gasteiger partial charge in [0.2, 0.25) is 0 Å². The fourth-order valence-corrected chi connectivity index (χ4v) is 7.31. The molecule has 0 bridgehead atoms. The first-order valence-corrected chi connectivity index (χ1v) is 16.6. The Hall–Kier alpha value is -6.58. The minimum Gasteiger partial charge on any atom is -0.456 e. The Labute approximate surface area is 282 Å². The summed E-state index contributed by atoms with van der Waals surface area (Å²) in [6.07, 6.45) is 0. The normalized spacial score (nSPS) is 11.7. The monoisotopic (exact) mass is 627 g/mol. The van der Waals surface area contributed by atoms with Crippen LogP contribution in [0.2, 0.25) is 0 Å². The molecule has 8 aromatic carbocycles. The first-order chi connectivity index (χ1) is 24.3. The van der Waals surface area contributed by atoms with Crippen molar-refractivity contribution in [1.29, 1.82) is 0 Å². The zero-order chi connectivity index (χ0) is 32.3. The molecule has 230 valence electrons. The van der Waals surface area contributed by atoms with Gasteiger partial charge in [0.25, 0.3) is 0 Å². The smallest absolute Gasteiger partial charge is 0.143 e. The molecule has 0 fully saturated rings. The zero-order valence-electron chi connectivity index (χ0n) is 26.5. The number of furan rings is 2. The molecule has 0 spiro atoms. The van der Waals surface area contributed by atoms with Crippen LogP contribution in [0.15, 0.2) is 185 Å². The average Bonchev–Trinajstić information content (AvgIpc) is 3.75. The number of rotatable bonds is 5. The van der Waals surface area contributed by atoms with Crippen LogP contribution in [-0.4, -0.2) is 0 Å². The largest absolute Gasteiger partial charge is 0.456 e. The summed E-state index contributed by atoms with van der Waals surface area (Å²) < 4.78 is 12.5. The van der Waals surface area contributed by atoms with E-state index in [1.165, 1.54) is 21.7 Å². The fraction of sp³-hybridized carbons (Fsp3) is 0. The molecule has 10 aromatic rings. The van der Waals surface area contributed by atoms with E-state index in [0.717, 1.165) is 72.2 Å². The van der Waals surface area contributed by atoms with Crippen molar-refractivity contribution < 1.29 is 8.83 Å². The fourth-order valence-electron chi connectivity index (χ4n) is 7.31. The van der Waals surface area contributed by atoms with Gasteiger partial charge >= 0.3 is 0 Å². The molecular formula is C46H29NO2. The van der Waals surface area contributed by atoms with E-state index in [1.807, 2.05) is 24.3 Å². The Morgan fingerprint density at radius 1 is 0.347 bits per heavy atom. The Bertz CT molecular complexity index is 2810. The predicted molar refractivity (Wildman–Crippen MR) is 204 cm³/mol. The van der Waals surface area contributed by atoms with Gasteiger partial charge in [-0.05, 0) is 88.1 Å². The van der Waals surface area contributed by atoms with E-state index < -0.39 is 0 Å². The number of anilines is 3. The van der Waals surface area contributed by atoms with Gasteiger partial charge < -0.3 is 13.7 Å². The van der Waals surface area contributed by atoms with E-state index in [2.05, 4.69) is 157 Å². The highest BCUT2D eigenvalue weighted by Crippen LogP contribution is 2.40. The maximum Gasteiger partial charge on any atom is 0.143 e. The minimum atomic E-state index is 0.909. The number of hydrogen-bond donors (Lipinski definition) is 0. The lowest BCUT2D eigenvalue weighted by atomic mass is 9.98. The van der Waals surface area contributed by atoms with Gasteiger partial charge in [-0.3, -0.25) is 0 Å². The summed E-state index contributed by atoms with van der Waals surface area (Å²) in [6, 6.07) is 62.0. The summed E-state index contributed by atoms with van der Waals surface area (Å²) in [4.78, 5) is 2.30. The molecule has 0 saturated carbocycles. The number of fused-ring (bicyclic) bond motifs is 8. The second-order valence-corrected chi connectivity index (χ2v) is 12.5. The van der Waals surface area contributed by atoms with E-state index in [9.17, 15) is 0 Å². The van der Waals surface area contributed by atoms with Crippen molar-refractivity contribution in [3.8, 4) is 22.3 Å². The molecule has 0 saturated heterocycles. The quantitative estimate of drug-likeness (QED) is 0.190. The lowest BCUT2D eigenvalue weighted by Gasteiger charge is -2.26. The van der Waals surface area contributed by atoms with Crippen LogP contribution in [-0.2, 0) is 0 Å². The minimum absolute atomic E-state index is 0.909. The Morgan fingerprint density at radius 2 is 0.939 bits per heavy atom. The van der Waals surface area contributed by atoms with E-state index in [0.29, 0.717) is 0 Å². The van der Waals surface area contributed by atoms with Gasteiger partial charge in [-0.1, -0.05) is 115 Å². The number of benzene rings is 8. The van der Waals surface area contributed by atoms with Gasteiger partial charge in [0.15, 0.2) is 0 Å². The van der Waals surface area contributed by atoms with Crippen molar-refractivity contribution in [2.75, 3.05) is 4.90 Å². The summed E-state index contributed by atoms with van der Waals surface area (Å²) >= 11 is 0. The third-order valence-electron chi connectivity index (χ3n) is 9.67. The van der Waals surface area contributed by atoms with E-state index in [4.69, 9.17) is 8.83 Å². The highest BCUT2D eigenvalue weighted by atomic mass is 16.3. The molecule has 0 atom stereocenters. The molecule has 0 amide bonds. The van der Waals surface area contributed by atoms with Crippen molar-refractivity contribution in [2.24, 2.45) is 0 Å². The molecule has 0 unspecified atom stereocenters. The van der Waals surface area contributed by atoms with Crippen molar-refractivity contribution in [2.45, 2.75) is 0 Å². The Kier molecular flexibility index (Phi) is 6.18. The maximum absolute atomic E-state index is 6.35. The van der Waals surface area contributed by atoms with E-state index in [-0.39, 0.29) is 0 Å². The molecule has 0 aliphatic rings. The second kappa shape index (κ2) is 11.0. The third-order valence-corrected chi connectivity index (χ3v) is 9.67. The topological polar surface area (TPSA) is 29.5 Å². The molecule has 0 radical (unpaired) electrons. The first kappa shape index (κ1) is 27.5. The summed E-state index contributed by atoms with van der Waals surface area (Å²) in [5, 5.41) is 7.00. The van der Waals surface area contributed by atoms with Crippen molar-refractivity contribution in [3.05, 3.63) is 176 Å². The lowest BCUT2D eigenvalue weighted by molar-refractivity contribution is 0.669. The van der Waals surface area contributed by atoms with Crippen LogP contribution in [0.4, 0.5) is 17.1 Å². The van der Waals surface area contributed by atoms with Crippen LogP contribution in [0.5, 0.6) is 0 Å². The van der Waals surface area contributed by atoms with Gasteiger partial charge in [0.1, 0.15) is 22.3 Å². The molecule has 10 rings (SSSR count). The third kappa shape index (κ3) is 4.51. The Morgan fingerprint density at radius 3 is 1.71 bits per heavy atom. The van der Waals surface area contributed by atoms with Gasteiger partial charge in [-0.15, -0.1) is 0 Å². The van der Waals surface area contributed by atoms with Crippen LogP contribution >= 0.6 is 0 Å². The van der Waals surface area contributed by atoms with Gasteiger partial charge in [-0.2, -0.15) is 0 Å².